The van der Waals surface area contributed by atoms with Crippen LogP contribution in [0.2, 0.25) is 0 Å². The van der Waals surface area contributed by atoms with Gasteiger partial charge in [0.2, 0.25) is 0 Å². The number of nitrogens with one attached hydrogen (secondary N) is 2. The Morgan fingerprint density at radius 2 is 1.95 bits per heavy atom. The largest absolute Gasteiger partial charge is 0.494 e. The van der Waals surface area contributed by atoms with Crippen LogP contribution in [0.5, 0.6) is 5.75 Å². The summed E-state index contributed by atoms with van der Waals surface area (Å²) in [4.78, 5) is 12.0. The van der Waals surface area contributed by atoms with Crippen molar-refractivity contribution in [3.8, 4) is 17.0 Å². The lowest BCUT2D eigenvalue weighted by atomic mass is 10.1. The zero-order chi connectivity index (χ0) is 15.5. The Hall–Kier alpha value is -2.30. The van der Waals surface area contributed by atoms with E-state index in [4.69, 9.17) is 4.74 Å². The number of nitrogens with zero attached hydrogens (tertiary/aromatic N) is 1. The summed E-state index contributed by atoms with van der Waals surface area (Å²) < 4.78 is 5.40. The van der Waals surface area contributed by atoms with Crippen molar-refractivity contribution in [3.63, 3.8) is 0 Å². The highest BCUT2D eigenvalue weighted by molar-refractivity contribution is 5.93. The molecule has 0 aliphatic carbocycles. The number of aromatic amines is 1. The van der Waals surface area contributed by atoms with E-state index >= 15 is 0 Å². The Morgan fingerprint density at radius 1 is 1.29 bits per heavy atom. The topological polar surface area (TPSA) is 67.0 Å². The summed E-state index contributed by atoms with van der Waals surface area (Å²) in [6.45, 7) is 8.40. The van der Waals surface area contributed by atoms with Gasteiger partial charge in [-0.05, 0) is 58.0 Å². The number of carbonyl (C=O) groups excluding carboxylic acids is 1. The molecular formula is C16H21N3O2. The van der Waals surface area contributed by atoms with Crippen LogP contribution in [0.1, 0.15) is 38.2 Å². The molecule has 5 heteroatoms. The zero-order valence-corrected chi connectivity index (χ0v) is 12.9. The van der Waals surface area contributed by atoms with Crippen molar-refractivity contribution < 1.29 is 9.53 Å². The second kappa shape index (κ2) is 5.99. The standard InChI is InChI=1S/C16H21N3O2/c1-5-21-12-8-6-11(7-9-12)13-10-14(19-18-13)15(20)17-16(2,3)4/h6-10H,5H2,1-4H3,(H,17,20)(H,18,19). The summed E-state index contributed by atoms with van der Waals surface area (Å²) in [6, 6.07) is 9.38. The Bertz CT molecular complexity index is 609. The molecule has 2 N–H and O–H groups in total. The van der Waals surface area contributed by atoms with E-state index in [1.54, 1.807) is 6.07 Å². The highest BCUT2D eigenvalue weighted by atomic mass is 16.5. The molecule has 0 aliphatic heterocycles. The van der Waals surface area contributed by atoms with E-state index in [1.807, 2.05) is 52.0 Å². The molecule has 0 saturated heterocycles. The van der Waals surface area contributed by atoms with Gasteiger partial charge in [-0.15, -0.1) is 0 Å². The third-order valence-electron chi connectivity index (χ3n) is 2.77. The summed E-state index contributed by atoms with van der Waals surface area (Å²) in [5.74, 6) is 0.662. The number of amides is 1. The Kier molecular flexibility index (Phi) is 4.31. The molecule has 1 aromatic heterocycles. The van der Waals surface area contributed by atoms with Crippen LogP contribution < -0.4 is 10.1 Å². The molecule has 0 fully saturated rings. The molecule has 1 heterocycles. The molecule has 0 atom stereocenters. The first-order chi connectivity index (χ1) is 9.89. The van der Waals surface area contributed by atoms with E-state index in [1.165, 1.54) is 0 Å². The van der Waals surface area contributed by atoms with E-state index in [0.717, 1.165) is 17.0 Å². The number of ether oxygens (including phenoxy) is 1. The first-order valence-electron chi connectivity index (χ1n) is 7.00. The van der Waals surface area contributed by atoms with Gasteiger partial charge < -0.3 is 10.1 Å². The molecule has 1 aromatic carbocycles. The molecule has 2 aromatic rings. The van der Waals surface area contributed by atoms with E-state index in [9.17, 15) is 4.79 Å². The fourth-order valence-electron chi connectivity index (χ4n) is 1.88. The van der Waals surface area contributed by atoms with E-state index in [-0.39, 0.29) is 11.4 Å². The predicted molar refractivity (Wildman–Crippen MR) is 82.4 cm³/mol. The Labute approximate surface area is 124 Å². The summed E-state index contributed by atoms with van der Waals surface area (Å²) in [7, 11) is 0. The molecule has 0 saturated carbocycles. The van der Waals surface area contributed by atoms with E-state index < -0.39 is 0 Å². The zero-order valence-electron chi connectivity index (χ0n) is 12.9. The lowest BCUT2D eigenvalue weighted by Gasteiger charge is -2.19. The highest BCUT2D eigenvalue weighted by Gasteiger charge is 2.17. The first-order valence-corrected chi connectivity index (χ1v) is 7.00. The van der Waals surface area contributed by atoms with Crippen LogP contribution in [0.4, 0.5) is 0 Å². The maximum absolute atomic E-state index is 12.0. The van der Waals surface area contributed by atoms with Gasteiger partial charge in [-0.2, -0.15) is 5.10 Å². The van der Waals surface area contributed by atoms with Crippen molar-refractivity contribution in [2.24, 2.45) is 0 Å². The summed E-state index contributed by atoms with van der Waals surface area (Å²) >= 11 is 0. The number of carbonyl (C=O) groups is 1. The number of hydrogen-bond donors (Lipinski definition) is 2. The quantitative estimate of drug-likeness (QED) is 0.908. The lowest BCUT2D eigenvalue weighted by molar-refractivity contribution is 0.0914. The number of aromatic nitrogens is 2. The van der Waals surface area contributed by atoms with Crippen LogP contribution in [0.15, 0.2) is 30.3 Å². The van der Waals surface area contributed by atoms with Gasteiger partial charge in [0.05, 0.1) is 12.3 Å². The van der Waals surface area contributed by atoms with Gasteiger partial charge in [0.1, 0.15) is 11.4 Å². The lowest BCUT2D eigenvalue weighted by Crippen LogP contribution is -2.40. The van der Waals surface area contributed by atoms with Crippen molar-refractivity contribution in [2.75, 3.05) is 6.61 Å². The molecule has 112 valence electrons. The van der Waals surface area contributed by atoms with Gasteiger partial charge in [-0.25, -0.2) is 0 Å². The summed E-state index contributed by atoms with van der Waals surface area (Å²) in [5, 5.41) is 9.86. The van der Waals surface area contributed by atoms with Crippen molar-refractivity contribution in [3.05, 3.63) is 36.0 Å². The van der Waals surface area contributed by atoms with Gasteiger partial charge in [0.15, 0.2) is 0 Å². The number of H-pyrrole nitrogens is 1. The van der Waals surface area contributed by atoms with Gasteiger partial charge >= 0.3 is 0 Å². The third kappa shape index (κ3) is 4.08. The monoisotopic (exact) mass is 287 g/mol. The fourth-order valence-corrected chi connectivity index (χ4v) is 1.88. The van der Waals surface area contributed by atoms with Crippen molar-refractivity contribution in [1.82, 2.24) is 15.5 Å². The third-order valence-corrected chi connectivity index (χ3v) is 2.77. The normalized spacial score (nSPS) is 11.2. The van der Waals surface area contributed by atoms with Crippen LogP contribution in [-0.4, -0.2) is 28.3 Å². The molecule has 0 radical (unpaired) electrons. The Morgan fingerprint density at radius 3 is 2.52 bits per heavy atom. The summed E-state index contributed by atoms with van der Waals surface area (Å²) in [5.41, 5.74) is 1.84. The molecule has 0 spiro atoms. The second-order valence-electron chi connectivity index (χ2n) is 5.83. The van der Waals surface area contributed by atoms with Crippen LogP contribution >= 0.6 is 0 Å². The van der Waals surface area contributed by atoms with Gasteiger partial charge in [-0.1, -0.05) is 0 Å². The van der Waals surface area contributed by atoms with Crippen molar-refractivity contribution in [1.29, 1.82) is 0 Å². The minimum Gasteiger partial charge on any atom is -0.494 e. The molecule has 0 aliphatic rings. The molecule has 5 nitrogen and oxygen atoms in total. The second-order valence-corrected chi connectivity index (χ2v) is 5.83. The van der Waals surface area contributed by atoms with Crippen molar-refractivity contribution in [2.45, 2.75) is 33.2 Å². The van der Waals surface area contributed by atoms with Crippen LogP contribution in [-0.2, 0) is 0 Å². The molecular weight excluding hydrogens is 266 g/mol. The SMILES string of the molecule is CCOc1ccc(-c2cc(C(=O)NC(C)(C)C)[nH]n2)cc1. The van der Waals surface area contributed by atoms with E-state index in [0.29, 0.717) is 12.3 Å². The van der Waals surface area contributed by atoms with Gasteiger partial charge in [-0.3, -0.25) is 9.89 Å². The Balaban J connectivity index is 2.14. The molecule has 0 bridgehead atoms. The van der Waals surface area contributed by atoms with Crippen LogP contribution in [0, 0.1) is 0 Å². The predicted octanol–water partition coefficient (Wildman–Crippen LogP) is 3.00. The van der Waals surface area contributed by atoms with Crippen LogP contribution in [0.25, 0.3) is 11.3 Å². The number of rotatable bonds is 4. The van der Waals surface area contributed by atoms with Crippen molar-refractivity contribution >= 4 is 5.91 Å². The smallest absolute Gasteiger partial charge is 0.269 e. The van der Waals surface area contributed by atoms with Gasteiger partial charge in [0.25, 0.3) is 5.91 Å². The first kappa shape index (κ1) is 15.1. The minimum atomic E-state index is -0.276. The molecule has 2 rings (SSSR count). The maximum Gasteiger partial charge on any atom is 0.269 e. The minimum absolute atomic E-state index is 0.160. The molecule has 0 unspecified atom stereocenters. The van der Waals surface area contributed by atoms with Crippen LogP contribution in [0.3, 0.4) is 0 Å². The number of benzene rings is 1. The average Bonchev–Trinajstić information content (AvgIpc) is 2.88. The van der Waals surface area contributed by atoms with Gasteiger partial charge in [0, 0.05) is 11.1 Å². The fraction of sp³-hybridized carbons (Fsp3) is 0.375. The highest BCUT2D eigenvalue weighted by Crippen LogP contribution is 2.21. The summed E-state index contributed by atoms with van der Waals surface area (Å²) in [6.07, 6.45) is 0. The maximum atomic E-state index is 12.0. The molecule has 21 heavy (non-hydrogen) atoms. The average molecular weight is 287 g/mol. The number of hydrogen-bond acceptors (Lipinski definition) is 3. The molecule has 1 amide bonds. The van der Waals surface area contributed by atoms with E-state index in [2.05, 4.69) is 15.5 Å².